The van der Waals surface area contributed by atoms with Gasteiger partial charge in [-0.05, 0) is 38.8 Å². The molecule has 0 aliphatic carbocycles. The minimum absolute atomic E-state index is 0.103. The van der Waals surface area contributed by atoms with E-state index in [1.165, 1.54) is 6.42 Å². The zero-order valence-corrected chi connectivity index (χ0v) is 12.6. The van der Waals surface area contributed by atoms with Crippen LogP contribution in [0.15, 0.2) is 0 Å². The molecule has 0 unspecified atom stereocenters. The molecule has 1 rings (SSSR count). The molecule has 1 atom stereocenters. The van der Waals surface area contributed by atoms with Gasteiger partial charge in [-0.3, -0.25) is 0 Å². The third-order valence-corrected chi connectivity index (χ3v) is 3.57. The van der Waals surface area contributed by atoms with Gasteiger partial charge in [-0.2, -0.15) is 0 Å². The number of piperidine rings is 1. The molecule has 0 saturated carbocycles. The molecule has 0 radical (unpaired) electrons. The lowest BCUT2D eigenvalue weighted by Crippen LogP contribution is -2.51. The van der Waals surface area contributed by atoms with Gasteiger partial charge in [0.05, 0.1) is 0 Å². The number of hydrogen-bond acceptors (Lipinski definition) is 2. The Bertz CT molecular complexity index is 271. The standard InChI is InChI=1S/C14H29N3O/c1-14(2,3)8-9-15-13(18)17-10-6-7-12(11-17)16(4)5/h12H,6-11H2,1-5H3,(H,15,18)/t12-/m1/s1. The summed E-state index contributed by atoms with van der Waals surface area (Å²) < 4.78 is 0. The summed E-state index contributed by atoms with van der Waals surface area (Å²) in [5.74, 6) is 0. The average Bonchev–Trinajstić information content (AvgIpc) is 2.27. The fourth-order valence-electron chi connectivity index (χ4n) is 2.22. The molecule has 0 bridgehead atoms. The van der Waals surface area contributed by atoms with Crippen LogP contribution in [-0.4, -0.2) is 55.6 Å². The lowest BCUT2D eigenvalue weighted by atomic mass is 9.92. The maximum atomic E-state index is 12.0. The van der Waals surface area contributed by atoms with E-state index in [4.69, 9.17) is 0 Å². The fourth-order valence-corrected chi connectivity index (χ4v) is 2.22. The summed E-state index contributed by atoms with van der Waals surface area (Å²) in [5.41, 5.74) is 0.279. The second-order valence-electron chi connectivity index (χ2n) is 6.75. The van der Waals surface area contributed by atoms with Crippen molar-refractivity contribution in [1.82, 2.24) is 15.1 Å². The summed E-state index contributed by atoms with van der Waals surface area (Å²) in [5, 5.41) is 3.04. The van der Waals surface area contributed by atoms with Crippen molar-refractivity contribution in [2.75, 3.05) is 33.7 Å². The van der Waals surface area contributed by atoms with Crippen LogP contribution in [0.2, 0.25) is 0 Å². The number of hydrogen-bond donors (Lipinski definition) is 1. The molecule has 1 aliphatic heterocycles. The molecule has 106 valence electrons. The van der Waals surface area contributed by atoms with Crippen molar-refractivity contribution < 1.29 is 4.79 Å². The number of carbonyl (C=O) groups is 1. The number of urea groups is 1. The van der Waals surface area contributed by atoms with Crippen molar-refractivity contribution in [3.63, 3.8) is 0 Å². The lowest BCUT2D eigenvalue weighted by molar-refractivity contribution is 0.139. The number of likely N-dealkylation sites (tertiary alicyclic amines) is 1. The highest BCUT2D eigenvalue weighted by atomic mass is 16.2. The van der Waals surface area contributed by atoms with Gasteiger partial charge >= 0.3 is 6.03 Å². The molecule has 0 aromatic rings. The summed E-state index contributed by atoms with van der Waals surface area (Å²) in [6.45, 7) is 9.11. The molecule has 0 aromatic heterocycles. The van der Waals surface area contributed by atoms with E-state index in [0.29, 0.717) is 6.04 Å². The summed E-state index contributed by atoms with van der Waals surface area (Å²) in [6, 6.07) is 0.609. The van der Waals surface area contributed by atoms with Crippen molar-refractivity contribution in [2.45, 2.75) is 46.1 Å². The first-order valence-electron chi connectivity index (χ1n) is 6.99. The topological polar surface area (TPSA) is 35.6 Å². The van der Waals surface area contributed by atoms with Crippen LogP contribution in [0.25, 0.3) is 0 Å². The Morgan fingerprint density at radius 2 is 2.06 bits per heavy atom. The van der Waals surface area contributed by atoms with Crippen LogP contribution in [0.4, 0.5) is 4.79 Å². The van der Waals surface area contributed by atoms with Crippen LogP contribution in [0, 0.1) is 5.41 Å². The van der Waals surface area contributed by atoms with Gasteiger partial charge in [0.1, 0.15) is 0 Å². The molecule has 1 aliphatic rings. The zero-order chi connectivity index (χ0) is 13.8. The Morgan fingerprint density at radius 3 is 2.61 bits per heavy atom. The van der Waals surface area contributed by atoms with Gasteiger partial charge in [0, 0.05) is 25.7 Å². The maximum Gasteiger partial charge on any atom is 0.317 e. The minimum Gasteiger partial charge on any atom is -0.338 e. The van der Waals surface area contributed by atoms with E-state index in [9.17, 15) is 4.79 Å². The van der Waals surface area contributed by atoms with E-state index in [2.05, 4.69) is 45.1 Å². The van der Waals surface area contributed by atoms with Gasteiger partial charge in [0.25, 0.3) is 0 Å². The van der Waals surface area contributed by atoms with Crippen LogP contribution in [0.3, 0.4) is 0 Å². The van der Waals surface area contributed by atoms with E-state index in [0.717, 1.165) is 32.5 Å². The first-order chi connectivity index (χ1) is 8.29. The van der Waals surface area contributed by atoms with E-state index in [1.807, 2.05) is 4.90 Å². The van der Waals surface area contributed by atoms with Crippen molar-refractivity contribution >= 4 is 6.03 Å². The number of nitrogens with one attached hydrogen (secondary N) is 1. The Morgan fingerprint density at radius 1 is 1.39 bits per heavy atom. The van der Waals surface area contributed by atoms with E-state index in [1.54, 1.807) is 0 Å². The van der Waals surface area contributed by atoms with Gasteiger partial charge in [-0.25, -0.2) is 4.79 Å². The third kappa shape index (κ3) is 5.25. The summed E-state index contributed by atoms with van der Waals surface area (Å²) >= 11 is 0. The Balaban J connectivity index is 2.33. The van der Waals surface area contributed by atoms with Crippen LogP contribution < -0.4 is 5.32 Å². The predicted molar refractivity (Wildman–Crippen MR) is 75.8 cm³/mol. The molecular weight excluding hydrogens is 226 g/mol. The number of nitrogens with zero attached hydrogens (tertiary/aromatic N) is 2. The summed E-state index contributed by atoms with van der Waals surface area (Å²) in [4.78, 5) is 16.2. The van der Waals surface area contributed by atoms with Gasteiger partial charge in [0.15, 0.2) is 0 Å². The van der Waals surface area contributed by atoms with Crippen LogP contribution in [-0.2, 0) is 0 Å². The third-order valence-electron chi connectivity index (χ3n) is 3.57. The largest absolute Gasteiger partial charge is 0.338 e. The zero-order valence-electron chi connectivity index (χ0n) is 12.6. The van der Waals surface area contributed by atoms with E-state index < -0.39 is 0 Å². The van der Waals surface area contributed by atoms with Gasteiger partial charge < -0.3 is 15.1 Å². The van der Waals surface area contributed by atoms with Gasteiger partial charge in [-0.1, -0.05) is 20.8 Å². The van der Waals surface area contributed by atoms with Gasteiger partial charge in [0.2, 0.25) is 0 Å². The fraction of sp³-hybridized carbons (Fsp3) is 0.929. The molecule has 1 heterocycles. The molecule has 1 fully saturated rings. The molecule has 2 amide bonds. The highest BCUT2D eigenvalue weighted by Gasteiger charge is 2.24. The Hall–Kier alpha value is -0.770. The van der Waals surface area contributed by atoms with Crippen LogP contribution >= 0.6 is 0 Å². The highest BCUT2D eigenvalue weighted by Crippen LogP contribution is 2.17. The highest BCUT2D eigenvalue weighted by molar-refractivity contribution is 5.74. The second kappa shape index (κ2) is 6.41. The number of carbonyl (C=O) groups excluding carboxylic acids is 1. The number of likely N-dealkylation sites (N-methyl/N-ethyl adjacent to an activating group) is 1. The Labute approximate surface area is 112 Å². The minimum atomic E-state index is 0.103. The predicted octanol–water partition coefficient (Wildman–Crippen LogP) is 2.16. The molecule has 18 heavy (non-hydrogen) atoms. The number of amides is 2. The Kier molecular flexibility index (Phi) is 5.45. The normalized spacial score (nSPS) is 21.2. The van der Waals surface area contributed by atoms with Crippen LogP contribution in [0.5, 0.6) is 0 Å². The molecular formula is C14H29N3O. The van der Waals surface area contributed by atoms with E-state index in [-0.39, 0.29) is 11.4 Å². The van der Waals surface area contributed by atoms with Crippen molar-refractivity contribution in [2.24, 2.45) is 5.41 Å². The quantitative estimate of drug-likeness (QED) is 0.839. The smallest absolute Gasteiger partial charge is 0.317 e. The monoisotopic (exact) mass is 255 g/mol. The van der Waals surface area contributed by atoms with Crippen molar-refractivity contribution in [3.8, 4) is 0 Å². The van der Waals surface area contributed by atoms with E-state index >= 15 is 0 Å². The molecule has 0 spiro atoms. The van der Waals surface area contributed by atoms with Gasteiger partial charge in [-0.15, -0.1) is 0 Å². The first kappa shape index (κ1) is 15.3. The van der Waals surface area contributed by atoms with Crippen LogP contribution in [0.1, 0.15) is 40.0 Å². The second-order valence-corrected chi connectivity index (χ2v) is 6.75. The molecule has 1 N–H and O–H groups in total. The molecule has 1 saturated heterocycles. The molecule has 4 heteroatoms. The van der Waals surface area contributed by atoms with Crippen molar-refractivity contribution in [1.29, 1.82) is 0 Å². The van der Waals surface area contributed by atoms with Crippen molar-refractivity contribution in [3.05, 3.63) is 0 Å². The molecule has 0 aromatic carbocycles. The summed E-state index contributed by atoms with van der Waals surface area (Å²) in [6.07, 6.45) is 3.32. The maximum absolute atomic E-state index is 12.0. The molecule has 4 nitrogen and oxygen atoms in total. The SMILES string of the molecule is CN(C)[C@@H]1CCCN(C(=O)NCCC(C)(C)C)C1. The average molecular weight is 255 g/mol. The first-order valence-corrected chi connectivity index (χ1v) is 6.99. The number of rotatable bonds is 3. The summed E-state index contributed by atoms with van der Waals surface area (Å²) in [7, 11) is 4.18. The lowest BCUT2D eigenvalue weighted by Gasteiger charge is -2.36.